The Hall–Kier alpha value is -3.25. The van der Waals surface area contributed by atoms with E-state index in [-0.39, 0.29) is 11.9 Å². The summed E-state index contributed by atoms with van der Waals surface area (Å²) in [5, 5.41) is 7.75. The summed E-state index contributed by atoms with van der Waals surface area (Å²) < 4.78 is 2.73. The van der Waals surface area contributed by atoms with Gasteiger partial charge in [-0.25, -0.2) is 4.68 Å². The molecule has 2 aromatic heterocycles. The summed E-state index contributed by atoms with van der Waals surface area (Å²) in [4.78, 5) is 17.3. The lowest BCUT2D eigenvalue weighted by molar-refractivity contribution is 0.0940. The molecular weight excluding hydrogens is 428 g/mol. The van der Waals surface area contributed by atoms with E-state index in [1.165, 1.54) is 0 Å². The highest BCUT2D eigenvalue weighted by molar-refractivity contribution is 9.10. The molecule has 0 aliphatic rings. The van der Waals surface area contributed by atoms with E-state index in [9.17, 15) is 4.79 Å². The number of hydrogen-bond acceptors (Lipinski definition) is 3. The van der Waals surface area contributed by atoms with Crippen LogP contribution in [0.4, 0.5) is 0 Å². The number of amides is 1. The van der Waals surface area contributed by atoms with E-state index in [1.54, 1.807) is 23.3 Å². The average molecular weight is 447 g/mol. The second kappa shape index (κ2) is 8.41. The van der Waals surface area contributed by atoms with Crippen molar-refractivity contribution in [3.8, 4) is 16.9 Å². The summed E-state index contributed by atoms with van der Waals surface area (Å²) in [6, 6.07) is 21.2. The molecule has 4 aromatic rings. The number of carbonyl (C=O) groups is 1. The predicted octanol–water partition coefficient (Wildman–Crippen LogP) is 5.19. The zero-order chi connectivity index (χ0) is 20.2. The summed E-state index contributed by atoms with van der Waals surface area (Å²) in [5.41, 5.74) is 3.81. The van der Waals surface area contributed by atoms with E-state index >= 15 is 0 Å². The van der Waals surface area contributed by atoms with E-state index < -0.39 is 0 Å². The molecule has 1 atom stereocenters. The van der Waals surface area contributed by atoms with Crippen LogP contribution < -0.4 is 5.32 Å². The standard InChI is InChI=1S/C23H19BrN4O/c1-16(17-9-11-19(24)12-10-17)26-23(29)21-15-28(20-7-3-2-4-8-20)27-22(21)18-6-5-13-25-14-18/h2-16H,1H3,(H,26,29)/t16-/m0/s1. The minimum absolute atomic E-state index is 0.141. The smallest absolute Gasteiger partial charge is 0.255 e. The highest BCUT2D eigenvalue weighted by Crippen LogP contribution is 2.24. The van der Waals surface area contributed by atoms with Gasteiger partial charge in [0.2, 0.25) is 0 Å². The third-order valence-corrected chi connectivity index (χ3v) is 5.16. The Morgan fingerprint density at radius 3 is 2.48 bits per heavy atom. The van der Waals surface area contributed by atoms with E-state index in [1.807, 2.05) is 73.7 Å². The molecule has 0 radical (unpaired) electrons. The highest BCUT2D eigenvalue weighted by Gasteiger charge is 2.20. The molecule has 0 bridgehead atoms. The van der Waals surface area contributed by atoms with Crippen molar-refractivity contribution in [3.05, 3.63) is 101 Å². The van der Waals surface area contributed by atoms with Gasteiger partial charge in [0, 0.05) is 28.6 Å². The molecule has 0 saturated carbocycles. The van der Waals surface area contributed by atoms with Crippen molar-refractivity contribution >= 4 is 21.8 Å². The van der Waals surface area contributed by atoms with E-state index in [0.717, 1.165) is 21.3 Å². The fraction of sp³-hybridized carbons (Fsp3) is 0.0870. The number of carbonyl (C=O) groups excluding carboxylic acids is 1. The Balaban J connectivity index is 1.68. The second-order valence-corrected chi connectivity index (χ2v) is 7.58. The van der Waals surface area contributed by atoms with Crippen LogP contribution in [0.15, 0.2) is 89.8 Å². The average Bonchev–Trinajstić information content (AvgIpc) is 3.21. The van der Waals surface area contributed by atoms with Crippen molar-refractivity contribution < 1.29 is 4.79 Å². The molecule has 1 amide bonds. The first-order valence-corrected chi connectivity index (χ1v) is 10.0. The number of nitrogens with zero attached hydrogens (tertiary/aromatic N) is 3. The zero-order valence-corrected chi connectivity index (χ0v) is 17.4. The monoisotopic (exact) mass is 446 g/mol. The largest absolute Gasteiger partial charge is 0.345 e. The molecule has 29 heavy (non-hydrogen) atoms. The Morgan fingerprint density at radius 2 is 1.79 bits per heavy atom. The molecule has 6 heteroatoms. The molecule has 0 aliphatic heterocycles. The summed E-state index contributed by atoms with van der Waals surface area (Å²) in [5.74, 6) is -0.179. The van der Waals surface area contributed by atoms with Gasteiger partial charge in [0.15, 0.2) is 0 Å². The van der Waals surface area contributed by atoms with Crippen LogP contribution in [-0.2, 0) is 0 Å². The first-order chi connectivity index (χ1) is 14.1. The molecule has 144 valence electrons. The molecule has 0 aliphatic carbocycles. The Labute approximate surface area is 177 Å². The summed E-state index contributed by atoms with van der Waals surface area (Å²) >= 11 is 3.44. The minimum atomic E-state index is -0.179. The van der Waals surface area contributed by atoms with Gasteiger partial charge < -0.3 is 5.32 Å². The third-order valence-electron chi connectivity index (χ3n) is 4.63. The number of halogens is 1. The highest BCUT2D eigenvalue weighted by atomic mass is 79.9. The lowest BCUT2D eigenvalue weighted by atomic mass is 10.1. The minimum Gasteiger partial charge on any atom is -0.345 e. The second-order valence-electron chi connectivity index (χ2n) is 6.66. The maximum absolute atomic E-state index is 13.1. The van der Waals surface area contributed by atoms with Gasteiger partial charge >= 0.3 is 0 Å². The van der Waals surface area contributed by atoms with Crippen LogP contribution in [0.5, 0.6) is 0 Å². The molecule has 2 aromatic carbocycles. The number of benzene rings is 2. The SMILES string of the molecule is C[C@H](NC(=O)c1cn(-c2ccccc2)nc1-c1cccnc1)c1ccc(Br)cc1. The fourth-order valence-corrected chi connectivity index (χ4v) is 3.34. The van der Waals surface area contributed by atoms with Gasteiger partial charge in [0.05, 0.1) is 17.3 Å². The molecule has 5 nitrogen and oxygen atoms in total. The number of hydrogen-bond donors (Lipinski definition) is 1. The lowest BCUT2D eigenvalue weighted by Gasteiger charge is -2.14. The number of para-hydroxylation sites is 1. The summed E-state index contributed by atoms with van der Waals surface area (Å²) in [6.45, 7) is 1.96. The number of rotatable bonds is 5. The Bertz CT molecular complexity index is 1110. The van der Waals surface area contributed by atoms with E-state index in [4.69, 9.17) is 0 Å². The van der Waals surface area contributed by atoms with E-state index in [2.05, 4.69) is 31.3 Å². The molecule has 0 fully saturated rings. The van der Waals surface area contributed by atoms with Gasteiger partial charge in [-0.05, 0) is 48.9 Å². The van der Waals surface area contributed by atoms with Crippen molar-refractivity contribution in [1.29, 1.82) is 0 Å². The van der Waals surface area contributed by atoms with Crippen LogP contribution in [-0.4, -0.2) is 20.7 Å². The Kier molecular flexibility index (Phi) is 5.53. The third kappa shape index (κ3) is 4.27. The van der Waals surface area contributed by atoms with Crippen LogP contribution in [0.25, 0.3) is 16.9 Å². The zero-order valence-electron chi connectivity index (χ0n) is 15.8. The maximum Gasteiger partial charge on any atom is 0.255 e. The fourth-order valence-electron chi connectivity index (χ4n) is 3.08. The molecule has 1 N–H and O–H groups in total. The molecule has 0 saturated heterocycles. The van der Waals surface area contributed by atoms with E-state index in [0.29, 0.717) is 11.3 Å². The maximum atomic E-state index is 13.1. The molecule has 0 spiro atoms. The van der Waals surface area contributed by atoms with Gasteiger partial charge in [0.1, 0.15) is 5.69 Å². The van der Waals surface area contributed by atoms with Crippen molar-refractivity contribution in [2.75, 3.05) is 0 Å². The normalized spacial score (nSPS) is 11.8. The van der Waals surface area contributed by atoms with Gasteiger partial charge in [-0.3, -0.25) is 9.78 Å². The number of aromatic nitrogens is 3. The predicted molar refractivity (Wildman–Crippen MR) is 117 cm³/mol. The molecule has 2 heterocycles. The first kappa shape index (κ1) is 19.1. The van der Waals surface area contributed by atoms with Crippen molar-refractivity contribution in [2.24, 2.45) is 0 Å². The van der Waals surface area contributed by atoms with Crippen LogP contribution in [0.1, 0.15) is 28.9 Å². The molecule has 0 unspecified atom stereocenters. The van der Waals surface area contributed by atoms with Crippen LogP contribution in [0.3, 0.4) is 0 Å². The molecular formula is C23H19BrN4O. The van der Waals surface area contributed by atoms with Crippen LogP contribution >= 0.6 is 15.9 Å². The number of nitrogens with one attached hydrogen (secondary N) is 1. The first-order valence-electron chi connectivity index (χ1n) is 9.23. The van der Waals surface area contributed by atoms with Gasteiger partial charge in [0.25, 0.3) is 5.91 Å². The quantitative estimate of drug-likeness (QED) is 0.458. The van der Waals surface area contributed by atoms with Crippen LogP contribution in [0, 0.1) is 0 Å². The van der Waals surface area contributed by atoms with Crippen LogP contribution in [0.2, 0.25) is 0 Å². The van der Waals surface area contributed by atoms with Gasteiger partial charge in [-0.2, -0.15) is 5.10 Å². The summed E-state index contributed by atoms with van der Waals surface area (Å²) in [7, 11) is 0. The number of pyridine rings is 1. The lowest BCUT2D eigenvalue weighted by Crippen LogP contribution is -2.26. The summed E-state index contributed by atoms with van der Waals surface area (Å²) in [6.07, 6.45) is 5.18. The Morgan fingerprint density at radius 1 is 1.03 bits per heavy atom. The van der Waals surface area contributed by atoms with Crippen molar-refractivity contribution in [1.82, 2.24) is 20.1 Å². The van der Waals surface area contributed by atoms with Gasteiger partial charge in [-0.15, -0.1) is 0 Å². The molecule has 4 rings (SSSR count). The topological polar surface area (TPSA) is 59.8 Å². The van der Waals surface area contributed by atoms with Crippen molar-refractivity contribution in [3.63, 3.8) is 0 Å². The van der Waals surface area contributed by atoms with Crippen molar-refractivity contribution in [2.45, 2.75) is 13.0 Å². The van der Waals surface area contributed by atoms with Gasteiger partial charge in [-0.1, -0.05) is 46.3 Å².